The number of rotatable bonds is 4. The maximum absolute atomic E-state index is 12.7. The fourth-order valence-electron chi connectivity index (χ4n) is 1.27. The van der Waals surface area contributed by atoms with Crippen LogP contribution in [0.15, 0.2) is 28.7 Å². The monoisotopic (exact) mass is 311 g/mol. The SMILES string of the molecule is CCC(N)C(Oc1ccc(Br)cc1)C(F)(F)F. The molecular formula is C11H13BrF3NO. The smallest absolute Gasteiger partial charge is 0.426 e. The van der Waals surface area contributed by atoms with Crippen molar-refractivity contribution >= 4 is 15.9 Å². The van der Waals surface area contributed by atoms with Crippen LogP contribution in [0.2, 0.25) is 0 Å². The van der Waals surface area contributed by atoms with E-state index < -0.39 is 18.3 Å². The number of nitrogens with two attached hydrogens (primary N) is 1. The minimum Gasteiger partial charge on any atom is -0.479 e. The van der Waals surface area contributed by atoms with Gasteiger partial charge in [-0.25, -0.2) is 0 Å². The minimum absolute atomic E-state index is 0.152. The van der Waals surface area contributed by atoms with Crippen LogP contribution in [0.1, 0.15) is 13.3 Å². The van der Waals surface area contributed by atoms with E-state index in [4.69, 9.17) is 10.5 Å². The van der Waals surface area contributed by atoms with Crippen molar-refractivity contribution in [2.75, 3.05) is 0 Å². The van der Waals surface area contributed by atoms with Gasteiger partial charge in [-0.3, -0.25) is 0 Å². The quantitative estimate of drug-likeness (QED) is 0.923. The summed E-state index contributed by atoms with van der Waals surface area (Å²) in [5.74, 6) is 0.152. The number of ether oxygens (including phenoxy) is 1. The van der Waals surface area contributed by atoms with Gasteiger partial charge in [-0.1, -0.05) is 22.9 Å². The molecule has 0 aliphatic rings. The van der Waals surface area contributed by atoms with E-state index in [2.05, 4.69) is 15.9 Å². The summed E-state index contributed by atoms with van der Waals surface area (Å²) in [5, 5.41) is 0. The first-order chi connectivity index (χ1) is 7.84. The average molecular weight is 312 g/mol. The van der Waals surface area contributed by atoms with Crippen LogP contribution in [-0.2, 0) is 0 Å². The Kier molecular flexibility index (Phi) is 4.82. The van der Waals surface area contributed by atoms with Crippen LogP contribution in [-0.4, -0.2) is 18.3 Å². The molecule has 0 saturated carbocycles. The van der Waals surface area contributed by atoms with Gasteiger partial charge in [0.05, 0.1) is 6.04 Å². The number of alkyl halides is 3. The minimum atomic E-state index is -4.47. The zero-order valence-corrected chi connectivity index (χ0v) is 10.8. The first kappa shape index (κ1) is 14.3. The van der Waals surface area contributed by atoms with Crippen LogP contribution in [0.25, 0.3) is 0 Å². The number of hydrogen-bond acceptors (Lipinski definition) is 2. The Labute approximate surface area is 106 Å². The molecule has 1 rings (SSSR count). The van der Waals surface area contributed by atoms with Gasteiger partial charge in [0.25, 0.3) is 0 Å². The van der Waals surface area contributed by atoms with Gasteiger partial charge < -0.3 is 10.5 Å². The lowest BCUT2D eigenvalue weighted by Gasteiger charge is -2.26. The maximum Gasteiger partial charge on any atom is 0.426 e. The Hall–Kier alpha value is -0.750. The van der Waals surface area contributed by atoms with Gasteiger partial charge in [-0.05, 0) is 30.7 Å². The molecule has 1 aromatic carbocycles. The Morgan fingerprint density at radius 2 is 1.82 bits per heavy atom. The third kappa shape index (κ3) is 4.20. The standard InChI is InChI=1S/C11H13BrF3NO/c1-2-9(16)10(11(13,14)15)17-8-5-3-7(12)4-6-8/h3-6,9-10H,2,16H2,1H3. The topological polar surface area (TPSA) is 35.2 Å². The predicted molar refractivity (Wildman–Crippen MR) is 62.9 cm³/mol. The summed E-state index contributed by atoms with van der Waals surface area (Å²) >= 11 is 3.19. The van der Waals surface area contributed by atoms with Crippen molar-refractivity contribution in [3.05, 3.63) is 28.7 Å². The largest absolute Gasteiger partial charge is 0.479 e. The van der Waals surface area contributed by atoms with E-state index in [-0.39, 0.29) is 12.2 Å². The number of halogens is 4. The lowest BCUT2D eigenvalue weighted by Crippen LogP contribution is -2.48. The van der Waals surface area contributed by atoms with E-state index in [1.54, 1.807) is 19.1 Å². The summed E-state index contributed by atoms with van der Waals surface area (Å²) in [4.78, 5) is 0. The van der Waals surface area contributed by atoms with Gasteiger partial charge >= 0.3 is 6.18 Å². The summed E-state index contributed by atoms with van der Waals surface area (Å²) in [6, 6.07) is 5.08. The maximum atomic E-state index is 12.7. The van der Waals surface area contributed by atoms with Crippen molar-refractivity contribution in [1.82, 2.24) is 0 Å². The summed E-state index contributed by atoms with van der Waals surface area (Å²) in [6.07, 6.45) is -6.25. The molecule has 0 heterocycles. The predicted octanol–water partition coefficient (Wildman–Crippen LogP) is 3.50. The molecule has 0 aliphatic heterocycles. The fraction of sp³-hybridized carbons (Fsp3) is 0.455. The molecular weight excluding hydrogens is 299 g/mol. The van der Waals surface area contributed by atoms with Gasteiger partial charge in [0.2, 0.25) is 6.10 Å². The van der Waals surface area contributed by atoms with Crippen molar-refractivity contribution in [3.8, 4) is 5.75 Å². The van der Waals surface area contributed by atoms with E-state index in [0.717, 1.165) is 4.47 Å². The van der Waals surface area contributed by atoms with Crippen molar-refractivity contribution < 1.29 is 17.9 Å². The van der Waals surface area contributed by atoms with Gasteiger partial charge in [-0.15, -0.1) is 0 Å². The fourth-order valence-corrected chi connectivity index (χ4v) is 1.54. The molecule has 0 saturated heterocycles. The highest BCUT2D eigenvalue weighted by atomic mass is 79.9. The second kappa shape index (κ2) is 5.73. The second-order valence-electron chi connectivity index (χ2n) is 3.61. The lowest BCUT2D eigenvalue weighted by atomic mass is 10.1. The first-order valence-electron chi connectivity index (χ1n) is 5.09. The molecule has 6 heteroatoms. The average Bonchev–Trinajstić information content (AvgIpc) is 2.25. The van der Waals surface area contributed by atoms with Crippen LogP contribution in [0.4, 0.5) is 13.2 Å². The van der Waals surface area contributed by atoms with E-state index in [0.29, 0.717) is 0 Å². The van der Waals surface area contributed by atoms with Crippen molar-refractivity contribution in [2.24, 2.45) is 5.73 Å². The zero-order valence-electron chi connectivity index (χ0n) is 9.17. The van der Waals surface area contributed by atoms with Crippen molar-refractivity contribution in [2.45, 2.75) is 31.7 Å². The molecule has 2 N–H and O–H groups in total. The first-order valence-corrected chi connectivity index (χ1v) is 5.88. The van der Waals surface area contributed by atoms with E-state index in [1.165, 1.54) is 12.1 Å². The molecule has 2 unspecified atom stereocenters. The Morgan fingerprint density at radius 1 is 1.29 bits per heavy atom. The van der Waals surface area contributed by atoms with E-state index in [1.807, 2.05) is 0 Å². The second-order valence-corrected chi connectivity index (χ2v) is 4.52. The highest BCUT2D eigenvalue weighted by Crippen LogP contribution is 2.28. The molecule has 0 spiro atoms. The molecule has 0 fully saturated rings. The summed E-state index contributed by atoms with van der Waals surface area (Å²) in [5.41, 5.74) is 5.43. The third-order valence-electron chi connectivity index (χ3n) is 2.26. The molecule has 2 nitrogen and oxygen atoms in total. The Bertz CT molecular complexity index is 353. The summed E-state index contributed by atoms with van der Waals surface area (Å²) in [6.45, 7) is 1.59. The van der Waals surface area contributed by atoms with Crippen LogP contribution in [0.5, 0.6) is 5.75 Å². The molecule has 0 radical (unpaired) electrons. The van der Waals surface area contributed by atoms with Gasteiger partial charge in [0.15, 0.2) is 0 Å². The van der Waals surface area contributed by atoms with Crippen molar-refractivity contribution in [1.29, 1.82) is 0 Å². The van der Waals surface area contributed by atoms with Crippen LogP contribution in [0.3, 0.4) is 0 Å². The molecule has 0 amide bonds. The Morgan fingerprint density at radius 3 is 2.24 bits per heavy atom. The zero-order chi connectivity index (χ0) is 13.1. The summed E-state index contributed by atoms with van der Waals surface area (Å²) < 4.78 is 43.8. The Balaban J connectivity index is 2.83. The highest BCUT2D eigenvalue weighted by molar-refractivity contribution is 9.10. The molecule has 2 atom stereocenters. The molecule has 0 bridgehead atoms. The van der Waals surface area contributed by atoms with E-state index >= 15 is 0 Å². The number of hydrogen-bond donors (Lipinski definition) is 1. The number of benzene rings is 1. The van der Waals surface area contributed by atoms with Gasteiger partial charge in [-0.2, -0.15) is 13.2 Å². The molecule has 17 heavy (non-hydrogen) atoms. The molecule has 0 aromatic heterocycles. The summed E-state index contributed by atoms with van der Waals surface area (Å²) in [7, 11) is 0. The third-order valence-corrected chi connectivity index (χ3v) is 2.79. The van der Waals surface area contributed by atoms with E-state index in [9.17, 15) is 13.2 Å². The highest BCUT2D eigenvalue weighted by Gasteiger charge is 2.45. The van der Waals surface area contributed by atoms with Gasteiger partial charge in [0, 0.05) is 4.47 Å². The van der Waals surface area contributed by atoms with Crippen molar-refractivity contribution in [3.63, 3.8) is 0 Å². The van der Waals surface area contributed by atoms with Crippen LogP contribution in [0, 0.1) is 0 Å². The molecule has 0 aliphatic carbocycles. The molecule has 96 valence electrons. The molecule has 1 aromatic rings. The van der Waals surface area contributed by atoms with Gasteiger partial charge in [0.1, 0.15) is 5.75 Å². The normalized spacial score (nSPS) is 15.4. The van der Waals surface area contributed by atoms with Crippen LogP contribution >= 0.6 is 15.9 Å². The lowest BCUT2D eigenvalue weighted by molar-refractivity contribution is -0.200. The van der Waals surface area contributed by atoms with Crippen LogP contribution < -0.4 is 10.5 Å².